The topological polar surface area (TPSA) is 79.6 Å². The Morgan fingerprint density at radius 3 is 2.57 bits per heavy atom. The number of anilines is 1. The lowest BCUT2D eigenvalue weighted by molar-refractivity contribution is 0.0631. The number of nitrogens with zero attached hydrogens (tertiary/aromatic N) is 1. The zero-order valence-corrected chi connectivity index (χ0v) is 15.3. The summed E-state index contributed by atoms with van der Waals surface area (Å²) in [5.74, 6) is -0.637. The maximum atomic E-state index is 12.7. The monoisotopic (exact) mass is 374 g/mol. The lowest BCUT2D eigenvalue weighted by Gasteiger charge is -2.11. The van der Waals surface area contributed by atoms with Gasteiger partial charge in [0.05, 0.1) is 23.9 Å². The predicted octanol–water partition coefficient (Wildman–Crippen LogP) is 3.89. The van der Waals surface area contributed by atoms with Crippen LogP contribution in [-0.4, -0.2) is 22.6 Å². The first kappa shape index (κ1) is 17.7. The first-order valence-corrected chi connectivity index (χ1v) is 8.99. The van der Waals surface area contributed by atoms with Crippen LogP contribution in [0.4, 0.5) is 5.69 Å². The van der Waals surface area contributed by atoms with Gasteiger partial charge >= 0.3 is 0 Å². The third-order valence-corrected chi connectivity index (χ3v) is 4.72. The second kappa shape index (κ2) is 7.15. The fourth-order valence-electron chi connectivity index (χ4n) is 3.21. The first-order valence-electron chi connectivity index (χ1n) is 8.99. The Labute approximate surface area is 161 Å². The number of aryl methyl sites for hydroxylation is 1. The second-order valence-corrected chi connectivity index (χ2v) is 6.54. The molecule has 2 heterocycles. The van der Waals surface area contributed by atoms with E-state index in [2.05, 4.69) is 5.32 Å². The van der Waals surface area contributed by atoms with Gasteiger partial charge in [-0.15, -0.1) is 0 Å². The molecule has 1 aromatic heterocycles. The normalized spacial score (nSPS) is 13.0. The van der Waals surface area contributed by atoms with Gasteiger partial charge in [0.25, 0.3) is 17.7 Å². The summed E-state index contributed by atoms with van der Waals surface area (Å²) in [6.45, 7) is 2.10. The smallest absolute Gasteiger partial charge is 0.261 e. The van der Waals surface area contributed by atoms with E-state index >= 15 is 0 Å². The van der Waals surface area contributed by atoms with Crippen molar-refractivity contribution in [2.45, 2.75) is 19.9 Å². The summed E-state index contributed by atoms with van der Waals surface area (Å²) in [4.78, 5) is 38.9. The largest absolute Gasteiger partial charge is 0.467 e. The zero-order chi connectivity index (χ0) is 19.7. The number of carbonyl (C=O) groups is 3. The van der Waals surface area contributed by atoms with Crippen LogP contribution in [0.2, 0.25) is 0 Å². The molecule has 0 radical (unpaired) electrons. The van der Waals surface area contributed by atoms with Crippen LogP contribution in [0.1, 0.15) is 49.3 Å². The summed E-state index contributed by atoms with van der Waals surface area (Å²) in [6, 6.07) is 15.5. The minimum atomic E-state index is -0.431. The van der Waals surface area contributed by atoms with E-state index in [1.54, 1.807) is 18.2 Å². The number of furan rings is 1. The molecule has 0 saturated heterocycles. The average molecular weight is 374 g/mol. The van der Waals surface area contributed by atoms with Crippen LogP contribution in [0.3, 0.4) is 0 Å². The average Bonchev–Trinajstić information content (AvgIpc) is 3.31. The van der Waals surface area contributed by atoms with E-state index < -0.39 is 5.91 Å². The van der Waals surface area contributed by atoms with Gasteiger partial charge in [-0.2, -0.15) is 0 Å². The minimum absolute atomic E-state index is 0.0602. The minimum Gasteiger partial charge on any atom is -0.467 e. The Kier molecular flexibility index (Phi) is 4.53. The van der Waals surface area contributed by atoms with Crippen molar-refractivity contribution in [1.82, 2.24) is 4.90 Å². The molecule has 2 aromatic carbocycles. The van der Waals surface area contributed by atoms with Gasteiger partial charge in [-0.25, -0.2) is 0 Å². The van der Waals surface area contributed by atoms with E-state index in [1.165, 1.54) is 18.4 Å². The number of rotatable bonds is 5. The molecule has 3 amide bonds. The standard InChI is InChI=1S/C22H18N2O4/c1-2-14-5-3-6-16(11-14)23-20(25)15-8-9-18-19(12-15)22(27)24(21(18)26)13-17-7-4-10-28-17/h3-12H,2,13H2,1H3,(H,23,25). The predicted molar refractivity (Wildman–Crippen MR) is 103 cm³/mol. The van der Waals surface area contributed by atoms with Crippen LogP contribution >= 0.6 is 0 Å². The molecule has 6 heteroatoms. The van der Waals surface area contributed by atoms with Crippen molar-refractivity contribution in [3.8, 4) is 0 Å². The Morgan fingerprint density at radius 1 is 1.00 bits per heavy atom. The lowest BCUT2D eigenvalue weighted by atomic mass is 10.1. The molecule has 0 saturated carbocycles. The highest BCUT2D eigenvalue weighted by atomic mass is 16.3. The van der Waals surface area contributed by atoms with Crippen molar-refractivity contribution >= 4 is 23.4 Å². The van der Waals surface area contributed by atoms with Crippen molar-refractivity contribution in [3.63, 3.8) is 0 Å². The van der Waals surface area contributed by atoms with Gasteiger partial charge in [0.2, 0.25) is 0 Å². The summed E-state index contributed by atoms with van der Waals surface area (Å²) in [5, 5.41) is 2.83. The van der Waals surface area contributed by atoms with Crippen molar-refractivity contribution in [2.75, 3.05) is 5.32 Å². The van der Waals surface area contributed by atoms with Gasteiger partial charge in [0, 0.05) is 11.3 Å². The van der Waals surface area contributed by atoms with Crippen LogP contribution in [-0.2, 0) is 13.0 Å². The molecule has 1 aliphatic heterocycles. The molecule has 28 heavy (non-hydrogen) atoms. The molecule has 0 atom stereocenters. The highest BCUT2D eigenvalue weighted by molar-refractivity contribution is 6.22. The van der Waals surface area contributed by atoms with Crippen LogP contribution in [0, 0.1) is 0 Å². The van der Waals surface area contributed by atoms with E-state index in [-0.39, 0.29) is 23.9 Å². The summed E-state index contributed by atoms with van der Waals surface area (Å²) in [5.41, 5.74) is 2.64. The fraction of sp³-hybridized carbons (Fsp3) is 0.136. The molecule has 1 N–H and O–H groups in total. The number of benzene rings is 2. The number of nitrogens with one attached hydrogen (secondary N) is 1. The summed E-state index contributed by atoms with van der Waals surface area (Å²) in [7, 11) is 0. The molecule has 6 nitrogen and oxygen atoms in total. The molecule has 0 aliphatic carbocycles. The molecule has 0 bridgehead atoms. The van der Waals surface area contributed by atoms with E-state index in [9.17, 15) is 14.4 Å². The van der Waals surface area contributed by atoms with Crippen molar-refractivity contribution < 1.29 is 18.8 Å². The summed E-state index contributed by atoms with van der Waals surface area (Å²) in [6.07, 6.45) is 2.36. The van der Waals surface area contributed by atoms with E-state index in [1.807, 2.05) is 31.2 Å². The van der Waals surface area contributed by atoms with Crippen molar-refractivity contribution in [3.05, 3.63) is 88.9 Å². The lowest BCUT2D eigenvalue weighted by Crippen LogP contribution is -2.28. The van der Waals surface area contributed by atoms with Crippen LogP contribution in [0.15, 0.2) is 65.3 Å². The second-order valence-electron chi connectivity index (χ2n) is 6.54. The third kappa shape index (κ3) is 3.20. The summed E-state index contributed by atoms with van der Waals surface area (Å²) >= 11 is 0. The molecular weight excluding hydrogens is 356 g/mol. The van der Waals surface area contributed by atoms with E-state index in [4.69, 9.17) is 4.42 Å². The van der Waals surface area contributed by atoms with Gasteiger partial charge in [0.15, 0.2) is 0 Å². The van der Waals surface area contributed by atoms with Crippen molar-refractivity contribution in [1.29, 1.82) is 0 Å². The Hall–Kier alpha value is -3.67. The molecular formula is C22H18N2O4. The van der Waals surface area contributed by atoms with Gasteiger partial charge in [-0.05, 0) is 54.4 Å². The van der Waals surface area contributed by atoms with E-state index in [0.29, 0.717) is 22.6 Å². The summed E-state index contributed by atoms with van der Waals surface area (Å²) < 4.78 is 5.23. The zero-order valence-electron chi connectivity index (χ0n) is 15.3. The number of fused-ring (bicyclic) bond motifs is 1. The molecule has 0 unspecified atom stereocenters. The molecule has 3 aromatic rings. The van der Waals surface area contributed by atoms with E-state index in [0.717, 1.165) is 16.9 Å². The Balaban J connectivity index is 1.56. The Morgan fingerprint density at radius 2 is 1.82 bits per heavy atom. The molecule has 140 valence electrons. The highest BCUT2D eigenvalue weighted by Crippen LogP contribution is 2.26. The van der Waals surface area contributed by atoms with Crippen molar-refractivity contribution in [2.24, 2.45) is 0 Å². The quantitative estimate of drug-likeness (QED) is 0.687. The SMILES string of the molecule is CCc1cccc(NC(=O)c2ccc3c(c2)C(=O)N(Cc2ccco2)C3=O)c1. The van der Waals surface area contributed by atoms with Crippen LogP contribution < -0.4 is 5.32 Å². The Bertz CT molecular complexity index is 1070. The number of hydrogen-bond donors (Lipinski definition) is 1. The maximum absolute atomic E-state index is 12.7. The molecule has 0 fully saturated rings. The number of amides is 3. The molecule has 1 aliphatic rings. The molecule has 0 spiro atoms. The number of carbonyl (C=O) groups excluding carboxylic acids is 3. The first-order chi connectivity index (χ1) is 13.6. The van der Waals surface area contributed by atoms with Gasteiger partial charge in [-0.1, -0.05) is 19.1 Å². The van der Waals surface area contributed by atoms with Gasteiger partial charge in [0.1, 0.15) is 5.76 Å². The maximum Gasteiger partial charge on any atom is 0.261 e. The number of hydrogen-bond acceptors (Lipinski definition) is 4. The van der Waals surface area contributed by atoms with Crippen LogP contribution in [0.25, 0.3) is 0 Å². The fourth-order valence-corrected chi connectivity index (χ4v) is 3.21. The molecule has 4 rings (SSSR count). The third-order valence-electron chi connectivity index (χ3n) is 4.72. The van der Waals surface area contributed by atoms with Gasteiger partial charge in [-0.3, -0.25) is 19.3 Å². The highest BCUT2D eigenvalue weighted by Gasteiger charge is 2.36. The number of imide groups is 1. The van der Waals surface area contributed by atoms with Gasteiger partial charge < -0.3 is 9.73 Å². The van der Waals surface area contributed by atoms with Crippen LogP contribution in [0.5, 0.6) is 0 Å².